The molecule has 162 valence electrons. The molecule has 0 spiro atoms. The van der Waals surface area contributed by atoms with E-state index in [1.807, 2.05) is 4.90 Å². The highest BCUT2D eigenvalue weighted by molar-refractivity contribution is 7.13. The number of β-amino-alcohol motifs (C(OH)–C–C–N with tert-alkyl or cyclic N) is 1. The molecule has 0 bridgehead atoms. The molecule has 31 heavy (non-hydrogen) atoms. The van der Waals surface area contributed by atoms with Crippen LogP contribution in [-0.2, 0) is 0 Å². The number of thiazole rings is 1. The Hall–Kier alpha value is -3.18. The number of ether oxygens (including phenoxy) is 1. The highest BCUT2D eigenvalue weighted by atomic mass is 32.1. The summed E-state index contributed by atoms with van der Waals surface area (Å²) in [6.45, 7) is 1.11. The normalized spacial score (nSPS) is 16.4. The minimum atomic E-state index is -4.78. The first-order valence-electron chi connectivity index (χ1n) is 9.27. The third kappa shape index (κ3) is 5.12. The molecule has 3 heterocycles. The van der Waals surface area contributed by atoms with Crippen molar-refractivity contribution in [3.8, 4) is 16.2 Å². The number of hydrogen-bond donors (Lipinski definition) is 2. The number of rotatable bonds is 5. The molecule has 1 amide bonds. The van der Waals surface area contributed by atoms with Crippen LogP contribution in [0.4, 0.5) is 24.7 Å². The van der Waals surface area contributed by atoms with E-state index in [0.29, 0.717) is 31.0 Å². The molecule has 0 aliphatic carbocycles. The molecule has 1 aliphatic heterocycles. The summed E-state index contributed by atoms with van der Waals surface area (Å²) >= 11 is 1.40. The van der Waals surface area contributed by atoms with E-state index in [1.165, 1.54) is 29.7 Å². The van der Waals surface area contributed by atoms with E-state index >= 15 is 0 Å². The summed E-state index contributed by atoms with van der Waals surface area (Å²) in [5, 5.41) is 12.5. The maximum Gasteiger partial charge on any atom is 0.573 e. The number of aliphatic hydroxyl groups is 1. The lowest BCUT2D eigenvalue weighted by molar-refractivity contribution is -0.274. The van der Waals surface area contributed by atoms with E-state index in [4.69, 9.17) is 0 Å². The van der Waals surface area contributed by atoms with Gasteiger partial charge in [0.05, 0.1) is 22.1 Å². The number of benzene rings is 1. The maximum absolute atomic E-state index is 12.7. The molecule has 1 aromatic carbocycles. The molecule has 1 saturated heterocycles. The van der Waals surface area contributed by atoms with Crippen molar-refractivity contribution in [3.63, 3.8) is 0 Å². The summed E-state index contributed by atoms with van der Waals surface area (Å²) < 4.78 is 40.6. The molecule has 1 fully saturated rings. The Morgan fingerprint density at radius 1 is 1.26 bits per heavy atom. The number of nitrogens with zero attached hydrogens (tertiary/aromatic N) is 3. The topological polar surface area (TPSA) is 87.6 Å². The lowest BCUT2D eigenvalue weighted by Gasteiger charge is -2.20. The van der Waals surface area contributed by atoms with Crippen LogP contribution >= 0.6 is 11.3 Å². The van der Waals surface area contributed by atoms with Gasteiger partial charge >= 0.3 is 6.36 Å². The minimum Gasteiger partial charge on any atom is -0.406 e. The number of amides is 1. The van der Waals surface area contributed by atoms with Crippen LogP contribution in [0.25, 0.3) is 10.4 Å². The van der Waals surface area contributed by atoms with E-state index < -0.39 is 18.4 Å². The number of carbonyl (C=O) groups is 1. The molecule has 2 N–H and O–H groups in total. The Morgan fingerprint density at radius 3 is 2.65 bits per heavy atom. The van der Waals surface area contributed by atoms with Gasteiger partial charge < -0.3 is 20.1 Å². The fourth-order valence-electron chi connectivity index (χ4n) is 3.24. The van der Waals surface area contributed by atoms with Crippen LogP contribution in [0, 0.1) is 0 Å². The number of aliphatic hydroxyl groups excluding tert-OH is 1. The summed E-state index contributed by atoms with van der Waals surface area (Å²) in [4.78, 5) is 24.0. The predicted octanol–water partition coefficient (Wildman–Crippen LogP) is 3.93. The summed E-state index contributed by atoms with van der Waals surface area (Å²) in [5.41, 5.74) is 2.99. The second kappa shape index (κ2) is 8.52. The smallest absolute Gasteiger partial charge is 0.406 e. The molecule has 3 aromatic rings. The Kier molecular flexibility index (Phi) is 5.79. The first kappa shape index (κ1) is 21.1. The molecule has 0 radical (unpaired) electrons. The Balaban J connectivity index is 1.55. The highest BCUT2D eigenvalue weighted by Gasteiger charge is 2.31. The van der Waals surface area contributed by atoms with Crippen molar-refractivity contribution in [1.29, 1.82) is 0 Å². The Labute approximate surface area is 179 Å². The average Bonchev–Trinajstić information content (AvgIpc) is 3.40. The lowest BCUT2D eigenvalue weighted by atomic mass is 10.1. The van der Waals surface area contributed by atoms with E-state index in [2.05, 4.69) is 20.0 Å². The number of halogens is 3. The van der Waals surface area contributed by atoms with Crippen LogP contribution in [0.3, 0.4) is 0 Å². The number of nitrogens with one attached hydrogen (secondary N) is 1. The number of pyridine rings is 1. The fourth-order valence-corrected chi connectivity index (χ4v) is 3.88. The highest BCUT2D eigenvalue weighted by Crippen LogP contribution is 2.34. The molecule has 11 heteroatoms. The lowest BCUT2D eigenvalue weighted by Crippen LogP contribution is -2.23. The van der Waals surface area contributed by atoms with Crippen molar-refractivity contribution in [2.75, 3.05) is 23.3 Å². The Bertz CT molecular complexity index is 1060. The van der Waals surface area contributed by atoms with Crippen LogP contribution < -0.4 is 15.0 Å². The van der Waals surface area contributed by atoms with Gasteiger partial charge in [0, 0.05) is 36.7 Å². The summed E-state index contributed by atoms with van der Waals surface area (Å²) in [5.74, 6) is -0.182. The predicted molar refractivity (Wildman–Crippen MR) is 109 cm³/mol. The van der Waals surface area contributed by atoms with Crippen molar-refractivity contribution in [1.82, 2.24) is 9.97 Å². The van der Waals surface area contributed by atoms with Crippen molar-refractivity contribution in [2.24, 2.45) is 0 Å². The van der Waals surface area contributed by atoms with Gasteiger partial charge in [-0.3, -0.25) is 9.78 Å². The van der Waals surface area contributed by atoms with Crippen LogP contribution in [-0.4, -0.2) is 46.5 Å². The monoisotopic (exact) mass is 450 g/mol. The van der Waals surface area contributed by atoms with Crippen molar-refractivity contribution in [2.45, 2.75) is 18.9 Å². The van der Waals surface area contributed by atoms with Crippen molar-refractivity contribution >= 4 is 28.7 Å². The van der Waals surface area contributed by atoms with Crippen LogP contribution in [0.1, 0.15) is 16.8 Å². The molecule has 4 rings (SSSR count). The Morgan fingerprint density at radius 2 is 2.03 bits per heavy atom. The molecular weight excluding hydrogens is 433 g/mol. The first-order chi connectivity index (χ1) is 14.8. The second-order valence-electron chi connectivity index (χ2n) is 6.88. The molecule has 7 nitrogen and oxygen atoms in total. The third-order valence-electron chi connectivity index (χ3n) is 4.64. The van der Waals surface area contributed by atoms with E-state index in [-0.39, 0.29) is 11.3 Å². The number of aromatic nitrogens is 2. The molecule has 1 aliphatic rings. The van der Waals surface area contributed by atoms with E-state index in [0.717, 1.165) is 22.6 Å². The largest absolute Gasteiger partial charge is 0.573 e. The molecule has 1 atom stereocenters. The van der Waals surface area contributed by atoms with Crippen LogP contribution in [0.15, 0.2) is 48.2 Å². The molecule has 0 unspecified atom stereocenters. The van der Waals surface area contributed by atoms with Gasteiger partial charge in [-0.05, 0) is 36.8 Å². The van der Waals surface area contributed by atoms with Gasteiger partial charge in [0.1, 0.15) is 11.6 Å². The SMILES string of the molecule is O=C(Nc1ccc(OC(F)(F)F)cc1)c1cnc(N2CC[C@@H](O)C2)c(-c2cncs2)c1. The number of anilines is 2. The van der Waals surface area contributed by atoms with E-state index in [1.54, 1.807) is 17.8 Å². The molecular formula is C20H17F3N4O3S. The average molecular weight is 450 g/mol. The summed E-state index contributed by atoms with van der Waals surface area (Å²) in [7, 11) is 0. The second-order valence-corrected chi connectivity index (χ2v) is 7.76. The standard InChI is InChI=1S/C20H17F3N4O3S/c21-20(22,23)30-15-3-1-13(2-4-15)26-19(29)12-7-16(17-9-24-11-31-17)18(25-8-12)27-6-5-14(28)10-27/h1-4,7-9,11,14,28H,5-6,10H2,(H,26,29)/t14-/m1/s1. The van der Waals surface area contributed by atoms with Crippen molar-refractivity contribution in [3.05, 3.63) is 53.8 Å². The van der Waals surface area contributed by atoms with Gasteiger partial charge in [-0.15, -0.1) is 24.5 Å². The van der Waals surface area contributed by atoms with E-state index in [9.17, 15) is 23.1 Å². The van der Waals surface area contributed by atoms with Gasteiger partial charge in [-0.2, -0.15) is 0 Å². The van der Waals surface area contributed by atoms with Gasteiger partial charge in [-0.1, -0.05) is 0 Å². The first-order valence-corrected chi connectivity index (χ1v) is 10.2. The van der Waals surface area contributed by atoms with Gasteiger partial charge in [-0.25, -0.2) is 4.98 Å². The zero-order chi connectivity index (χ0) is 22.0. The summed E-state index contributed by atoms with van der Waals surface area (Å²) in [6.07, 6.45) is -1.46. The number of alkyl halides is 3. The molecule has 2 aromatic heterocycles. The van der Waals surface area contributed by atoms with Gasteiger partial charge in [0.2, 0.25) is 0 Å². The van der Waals surface area contributed by atoms with Crippen LogP contribution in [0.2, 0.25) is 0 Å². The minimum absolute atomic E-state index is 0.280. The molecule has 0 saturated carbocycles. The van der Waals surface area contributed by atoms with Crippen LogP contribution in [0.5, 0.6) is 5.75 Å². The zero-order valence-corrected chi connectivity index (χ0v) is 16.8. The maximum atomic E-state index is 12.7. The zero-order valence-electron chi connectivity index (χ0n) is 16.0. The van der Waals surface area contributed by atoms with Crippen molar-refractivity contribution < 1.29 is 27.8 Å². The number of hydrogen-bond acceptors (Lipinski definition) is 7. The third-order valence-corrected chi connectivity index (χ3v) is 5.44. The van der Waals surface area contributed by atoms with Gasteiger partial charge in [0.15, 0.2) is 0 Å². The summed E-state index contributed by atoms with van der Waals surface area (Å²) in [6, 6.07) is 6.56. The number of carbonyl (C=O) groups excluding carboxylic acids is 1. The van der Waals surface area contributed by atoms with Gasteiger partial charge in [0.25, 0.3) is 5.91 Å². The fraction of sp³-hybridized carbons (Fsp3) is 0.250. The quantitative estimate of drug-likeness (QED) is 0.613.